The molecule has 118 valence electrons. The van der Waals surface area contributed by atoms with E-state index in [1.165, 1.54) is 29.2 Å². The molecule has 0 spiro atoms. The number of Topliss-reactive ketones (excluding diaryl/α,β-unsaturated/α-hetero) is 1. The summed E-state index contributed by atoms with van der Waals surface area (Å²) in [6.45, 7) is 2.21. The number of aliphatic hydroxyl groups is 1. The quantitative estimate of drug-likeness (QED) is 0.883. The van der Waals surface area contributed by atoms with E-state index in [9.17, 15) is 19.1 Å². The Kier molecular flexibility index (Phi) is 3.74. The summed E-state index contributed by atoms with van der Waals surface area (Å²) in [6.07, 6.45) is -0.370. The van der Waals surface area contributed by atoms with Gasteiger partial charge >= 0.3 is 0 Å². The third-order valence-corrected chi connectivity index (χ3v) is 4.14. The van der Waals surface area contributed by atoms with Crippen LogP contribution in [0, 0.1) is 5.82 Å². The van der Waals surface area contributed by atoms with Gasteiger partial charge in [0.1, 0.15) is 5.82 Å². The number of hydrogen-bond donors (Lipinski definition) is 1. The van der Waals surface area contributed by atoms with Gasteiger partial charge in [-0.25, -0.2) is 4.39 Å². The van der Waals surface area contributed by atoms with Gasteiger partial charge in [0.05, 0.1) is 12.1 Å². The molecule has 1 N–H and O–H groups in total. The van der Waals surface area contributed by atoms with Crippen LogP contribution in [0.4, 0.5) is 10.1 Å². The van der Waals surface area contributed by atoms with Crippen LogP contribution in [0.1, 0.15) is 29.3 Å². The van der Waals surface area contributed by atoms with Crippen molar-refractivity contribution in [3.63, 3.8) is 0 Å². The normalized spacial score (nSPS) is 19.8. The molecule has 0 fully saturated rings. The molecule has 0 bridgehead atoms. The van der Waals surface area contributed by atoms with Crippen LogP contribution in [-0.4, -0.2) is 23.3 Å². The molecule has 5 heteroatoms. The van der Waals surface area contributed by atoms with Crippen molar-refractivity contribution in [3.8, 4) is 0 Å². The molecule has 0 saturated heterocycles. The molecule has 1 heterocycles. The van der Waals surface area contributed by atoms with Crippen LogP contribution in [0.25, 0.3) is 0 Å². The van der Waals surface area contributed by atoms with Gasteiger partial charge in [0.25, 0.3) is 5.91 Å². The molecule has 1 atom stereocenters. The van der Waals surface area contributed by atoms with E-state index in [2.05, 4.69) is 0 Å². The Morgan fingerprint density at radius 2 is 1.83 bits per heavy atom. The molecule has 2 aromatic carbocycles. The molecule has 0 radical (unpaired) electrons. The number of fused-ring (bicyclic) bond motifs is 1. The predicted molar refractivity (Wildman–Crippen MR) is 83.7 cm³/mol. The van der Waals surface area contributed by atoms with Crippen LogP contribution in [0.2, 0.25) is 0 Å². The Morgan fingerprint density at radius 1 is 1.17 bits per heavy atom. The van der Waals surface area contributed by atoms with Crippen LogP contribution >= 0.6 is 0 Å². The molecule has 0 saturated carbocycles. The summed E-state index contributed by atoms with van der Waals surface area (Å²) in [7, 11) is 0. The molecule has 0 aromatic heterocycles. The van der Waals surface area contributed by atoms with Gasteiger partial charge in [0, 0.05) is 17.7 Å². The van der Waals surface area contributed by atoms with Crippen molar-refractivity contribution in [2.24, 2.45) is 0 Å². The number of likely N-dealkylation sites (N-methyl/N-ethyl adjacent to an activating group) is 1. The molecule has 1 amide bonds. The molecular weight excluding hydrogens is 297 g/mol. The highest BCUT2D eigenvalue weighted by atomic mass is 19.1. The standard InChI is InChI=1S/C18H16FNO3/c1-2-20-15-6-4-3-5-14(15)18(23,17(20)22)11-16(21)12-7-9-13(19)10-8-12/h3-10,23H,2,11H2,1H3/t18-/m0/s1. The second kappa shape index (κ2) is 5.59. The number of ketones is 1. The van der Waals surface area contributed by atoms with E-state index >= 15 is 0 Å². The highest BCUT2D eigenvalue weighted by Crippen LogP contribution is 2.42. The van der Waals surface area contributed by atoms with Gasteiger partial charge in [0.15, 0.2) is 11.4 Å². The predicted octanol–water partition coefficient (Wildman–Crippen LogP) is 2.65. The minimum atomic E-state index is -1.88. The van der Waals surface area contributed by atoms with E-state index in [1.54, 1.807) is 24.3 Å². The van der Waals surface area contributed by atoms with E-state index in [0.717, 1.165) is 0 Å². The van der Waals surface area contributed by atoms with Crippen LogP contribution < -0.4 is 4.90 Å². The number of carbonyl (C=O) groups excluding carboxylic acids is 2. The number of halogens is 1. The fourth-order valence-electron chi connectivity index (χ4n) is 2.96. The Labute approximate surface area is 133 Å². The van der Waals surface area contributed by atoms with Crippen molar-refractivity contribution in [1.29, 1.82) is 0 Å². The molecule has 3 rings (SSSR count). The fourth-order valence-corrected chi connectivity index (χ4v) is 2.96. The van der Waals surface area contributed by atoms with Gasteiger partial charge < -0.3 is 10.0 Å². The van der Waals surface area contributed by atoms with Crippen molar-refractivity contribution in [2.45, 2.75) is 18.9 Å². The maximum Gasteiger partial charge on any atom is 0.264 e. The summed E-state index contributed by atoms with van der Waals surface area (Å²) in [5.74, 6) is -1.36. The third kappa shape index (κ3) is 2.43. The van der Waals surface area contributed by atoms with E-state index in [-0.39, 0.29) is 12.0 Å². The molecule has 23 heavy (non-hydrogen) atoms. The summed E-state index contributed by atoms with van der Waals surface area (Å²) in [4.78, 5) is 26.5. The Morgan fingerprint density at radius 3 is 2.48 bits per heavy atom. The molecule has 2 aromatic rings. The average Bonchev–Trinajstić information content (AvgIpc) is 2.76. The maximum absolute atomic E-state index is 13.0. The Bertz CT molecular complexity index is 772. The van der Waals surface area contributed by atoms with Crippen LogP contribution in [-0.2, 0) is 10.4 Å². The van der Waals surface area contributed by atoms with Crippen molar-refractivity contribution < 1.29 is 19.1 Å². The average molecular weight is 313 g/mol. The SMILES string of the molecule is CCN1C(=O)[C@](O)(CC(=O)c2ccc(F)cc2)c2ccccc21. The van der Waals surface area contributed by atoms with Gasteiger partial charge in [0.2, 0.25) is 0 Å². The lowest BCUT2D eigenvalue weighted by Crippen LogP contribution is -2.41. The summed E-state index contributed by atoms with van der Waals surface area (Å²) >= 11 is 0. The molecule has 0 aliphatic carbocycles. The topological polar surface area (TPSA) is 57.6 Å². The van der Waals surface area contributed by atoms with Gasteiger partial charge in [-0.15, -0.1) is 0 Å². The van der Waals surface area contributed by atoms with Gasteiger partial charge in [-0.3, -0.25) is 9.59 Å². The van der Waals surface area contributed by atoms with E-state index in [1.807, 2.05) is 6.92 Å². The number of hydrogen-bond acceptors (Lipinski definition) is 3. The summed E-state index contributed by atoms with van der Waals surface area (Å²) in [6, 6.07) is 12.0. The monoisotopic (exact) mass is 313 g/mol. The summed E-state index contributed by atoms with van der Waals surface area (Å²) < 4.78 is 13.0. The second-order valence-electron chi connectivity index (χ2n) is 5.53. The minimum Gasteiger partial charge on any atom is -0.375 e. The summed E-state index contributed by atoms with van der Waals surface area (Å²) in [5, 5.41) is 10.9. The molecular formula is C18H16FNO3. The zero-order valence-corrected chi connectivity index (χ0v) is 12.6. The first kappa shape index (κ1) is 15.4. The molecule has 1 aliphatic heterocycles. The van der Waals surface area contributed by atoms with Crippen molar-refractivity contribution in [3.05, 3.63) is 65.5 Å². The smallest absolute Gasteiger partial charge is 0.264 e. The first-order valence-electron chi connectivity index (χ1n) is 7.40. The first-order chi connectivity index (χ1) is 11.0. The summed E-state index contributed by atoms with van der Waals surface area (Å²) in [5.41, 5.74) is -0.560. The number of anilines is 1. The van der Waals surface area contributed by atoms with Gasteiger partial charge in [-0.2, -0.15) is 0 Å². The maximum atomic E-state index is 13.0. The van der Waals surface area contributed by atoms with Crippen LogP contribution in [0.5, 0.6) is 0 Å². The second-order valence-corrected chi connectivity index (χ2v) is 5.53. The zero-order chi connectivity index (χ0) is 16.6. The highest BCUT2D eigenvalue weighted by molar-refractivity contribution is 6.10. The number of carbonyl (C=O) groups is 2. The third-order valence-electron chi connectivity index (χ3n) is 4.14. The van der Waals surface area contributed by atoms with E-state index < -0.39 is 23.1 Å². The van der Waals surface area contributed by atoms with Gasteiger partial charge in [-0.05, 0) is 37.3 Å². The lowest BCUT2D eigenvalue weighted by atomic mass is 9.88. The van der Waals surface area contributed by atoms with Crippen molar-refractivity contribution >= 4 is 17.4 Å². The van der Waals surface area contributed by atoms with Crippen LogP contribution in [0.15, 0.2) is 48.5 Å². The molecule has 1 aliphatic rings. The number of para-hydroxylation sites is 1. The van der Waals surface area contributed by atoms with E-state index in [4.69, 9.17) is 0 Å². The first-order valence-corrected chi connectivity index (χ1v) is 7.40. The van der Waals surface area contributed by atoms with Gasteiger partial charge in [-0.1, -0.05) is 18.2 Å². The Balaban J connectivity index is 1.96. The number of nitrogens with zero attached hydrogens (tertiary/aromatic N) is 1. The number of benzene rings is 2. The van der Waals surface area contributed by atoms with E-state index in [0.29, 0.717) is 17.8 Å². The van der Waals surface area contributed by atoms with Crippen LogP contribution in [0.3, 0.4) is 0 Å². The largest absolute Gasteiger partial charge is 0.375 e. The lowest BCUT2D eigenvalue weighted by Gasteiger charge is -2.22. The Hall–Kier alpha value is -2.53. The highest BCUT2D eigenvalue weighted by Gasteiger charge is 2.50. The number of amides is 1. The molecule has 4 nitrogen and oxygen atoms in total. The number of rotatable bonds is 4. The zero-order valence-electron chi connectivity index (χ0n) is 12.6. The van der Waals surface area contributed by atoms with Crippen molar-refractivity contribution in [1.82, 2.24) is 0 Å². The fraction of sp³-hybridized carbons (Fsp3) is 0.222. The molecule has 0 unspecified atom stereocenters. The lowest BCUT2D eigenvalue weighted by molar-refractivity contribution is -0.135. The minimum absolute atomic E-state index is 0.264. The van der Waals surface area contributed by atoms with Crippen molar-refractivity contribution in [2.75, 3.05) is 11.4 Å².